The number of alkyl carbamates (subject to hydrolysis) is 1. The molecule has 0 radical (unpaired) electrons. The van der Waals surface area contributed by atoms with Gasteiger partial charge in [-0.05, 0) is 34.6 Å². The smallest absolute Gasteiger partial charge is 0.407 e. The van der Waals surface area contributed by atoms with Crippen LogP contribution in [0.5, 0.6) is 0 Å². The number of nitrogens with zero attached hydrogens (tertiary/aromatic N) is 1. The zero-order valence-corrected chi connectivity index (χ0v) is 11.8. The largest absolute Gasteiger partial charge is 0.480 e. The van der Waals surface area contributed by atoms with Gasteiger partial charge in [0.25, 0.3) is 0 Å². The van der Waals surface area contributed by atoms with Gasteiger partial charge in [-0.1, -0.05) is 0 Å². The molecule has 0 heterocycles. The number of rotatable bonds is 6. The predicted molar refractivity (Wildman–Crippen MR) is 68.6 cm³/mol. The van der Waals surface area contributed by atoms with Gasteiger partial charge in [0.15, 0.2) is 0 Å². The molecule has 0 atom stereocenters. The second-order valence-corrected chi connectivity index (χ2v) is 5.39. The fourth-order valence-electron chi connectivity index (χ4n) is 1.31. The van der Waals surface area contributed by atoms with Crippen LogP contribution in [0.15, 0.2) is 0 Å². The van der Waals surface area contributed by atoms with Crippen LogP contribution in [0.1, 0.15) is 34.6 Å². The van der Waals surface area contributed by atoms with Gasteiger partial charge in [-0.25, -0.2) is 4.79 Å². The number of ether oxygens (including phenoxy) is 1. The van der Waals surface area contributed by atoms with Crippen LogP contribution in [-0.2, 0) is 9.53 Å². The van der Waals surface area contributed by atoms with Crippen molar-refractivity contribution in [3.63, 3.8) is 0 Å². The van der Waals surface area contributed by atoms with E-state index in [1.54, 1.807) is 25.7 Å². The summed E-state index contributed by atoms with van der Waals surface area (Å²) in [5.41, 5.74) is -0.525. The number of amides is 1. The summed E-state index contributed by atoms with van der Waals surface area (Å²) in [6, 6.07) is 0.113. The molecule has 106 valence electrons. The number of carboxylic acids is 1. The molecule has 0 aliphatic rings. The Morgan fingerprint density at radius 3 is 2.28 bits per heavy atom. The second-order valence-electron chi connectivity index (χ2n) is 5.39. The first-order valence-electron chi connectivity index (χ1n) is 6.04. The Bertz CT molecular complexity index is 284. The number of nitrogens with one attached hydrogen (secondary N) is 1. The molecular weight excluding hydrogens is 236 g/mol. The van der Waals surface area contributed by atoms with Crippen LogP contribution in [0.3, 0.4) is 0 Å². The minimum atomic E-state index is -0.874. The molecule has 0 saturated heterocycles. The van der Waals surface area contributed by atoms with Crippen LogP contribution >= 0.6 is 0 Å². The lowest BCUT2D eigenvalue weighted by Gasteiger charge is -2.25. The van der Waals surface area contributed by atoms with E-state index < -0.39 is 17.7 Å². The molecule has 0 fully saturated rings. The standard InChI is InChI=1S/C12H24N2O4/c1-9(2)14(8-10(15)16)7-6-13-11(17)18-12(3,4)5/h9H,6-8H2,1-5H3,(H,13,17)(H,15,16). The van der Waals surface area contributed by atoms with Crippen molar-refractivity contribution in [2.24, 2.45) is 0 Å². The van der Waals surface area contributed by atoms with Gasteiger partial charge in [-0.15, -0.1) is 0 Å². The lowest BCUT2D eigenvalue weighted by Crippen LogP contribution is -2.42. The summed E-state index contributed by atoms with van der Waals surface area (Å²) in [6.07, 6.45) is -0.485. The van der Waals surface area contributed by atoms with Gasteiger partial charge in [0.05, 0.1) is 6.54 Å². The van der Waals surface area contributed by atoms with Crippen LogP contribution in [0, 0.1) is 0 Å². The Kier molecular flexibility index (Phi) is 6.68. The van der Waals surface area contributed by atoms with E-state index in [2.05, 4.69) is 5.32 Å². The predicted octanol–water partition coefficient (Wildman–Crippen LogP) is 1.31. The quantitative estimate of drug-likeness (QED) is 0.752. The minimum absolute atomic E-state index is 0.0341. The first kappa shape index (κ1) is 16.7. The van der Waals surface area contributed by atoms with E-state index >= 15 is 0 Å². The molecule has 0 aromatic rings. The third-order valence-electron chi connectivity index (χ3n) is 2.14. The molecule has 0 aromatic heterocycles. The second kappa shape index (κ2) is 7.20. The highest BCUT2D eigenvalue weighted by atomic mass is 16.6. The highest BCUT2D eigenvalue weighted by molar-refractivity contribution is 5.69. The summed E-state index contributed by atoms with van der Waals surface area (Å²) in [6.45, 7) is 10.00. The molecule has 6 nitrogen and oxygen atoms in total. The normalized spacial score (nSPS) is 11.7. The maximum atomic E-state index is 11.4. The summed E-state index contributed by atoms with van der Waals surface area (Å²) in [4.78, 5) is 23.8. The van der Waals surface area contributed by atoms with Crippen LogP contribution in [-0.4, -0.2) is 53.3 Å². The number of carbonyl (C=O) groups excluding carboxylic acids is 1. The number of aliphatic carboxylic acids is 1. The third kappa shape index (κ3) is 8.81. The van der Waals surface area contributed by atoms with Crippen molar-refractivity contribution in [2.75, 3.05) is 19.6 Å². The van der Waals surface area contributed by atoms with Gasteiger partial charge in [-0.3, -0.25) is 9.69 Å². The molecule has 1 amide bonds. The van der Waals surface area contributed by atoms with Crippen LogP contribution in [0.4, 0.5) is 4.79 Å². The van der Waals surface area contributed by atoms with Gasteiger partial charge >= 0.3 is 12.1 Å². The number of hydrogen-bond donors (Lipinski definition) is 2. The molecule has 0 bridgehead atoms. The summed E-state index contributed by atoms with van der Waals surface area (Å²) < 4.78 is 5.08. The highest BCUT2D eigenvalue weighted by Gasteiger charge is 2.17. The molecule has 2 N–H and O–H groups in total. The van der Waals surface area contributed by atoms with Crippen molar-refractivity contribution in [3.8, 4) is 0 Å². The SMILES string of the molecule is CC(C)N(CCNC(=O)OC(C)(C)C)CC(=O)O. The first-order valence-corrected chi connectivity index (χ1v) is 6.04. The van der Waals surface area contributed by atoms with Gasteiger partial charge in [0, 0.05) is 19.1 Å². The van der Waals surface area contributed by atoms with Crippen molar-refractivity contribution in [2.45, 2.75) is 46.3 Å². The van der Waals surface area contributed by atoms with Gasteiger partial charge in [0.2, 0.25) is 0 Å². The van der Waals surface area contributed by atoms with Gasteiger partial charge < -0.3 is 15.2 Å². The molecule has 6 heteroatoms. The molecule has 0 aromatic carbocycles. The molecule has 18 heavy (non-hydrogen) atoms. The van der Waals surface area contributed by atoms with Crippen molar-refractivity contribution in [3.05, 3.63) is 0 Å². The topological polar surface area (TPSA) is 78.9 Å². The number of hydrogen-bond acceptors (Lipinski definition) is 4. The molecule has 0 saturated carbocycles. The average Bonchev–Trinajstić information content (AvgIpc) is 2.12. The fraction of sp³-hybridized carbons (Fsp3) is 0.833. The lowest BCUT2D eigenvalue weighted by atomic mass is 10.2. The molecular formula is C12H24N2O4. The molecule has 0 unspecified atom stereocenters. The number of carboxylic acid groups (broad SMARTS) is 1. The van der Waals surface area contributed by atoms with E-state index in [4.69, 9.17) is 9.84 Å². The lowest BCUT2D eigenvalue weighted by molar-refractivity contribution is -0.138. The van der Waals surface area contributed by atoms with Gasteiger partial charge in [-0.2, -0.15) is 0 Å². The van der Waals surface area contributed by atoms with E-state index in [0.717, 1.165) is 0 Å². The van der Waals surface area contributed by atoms with Crippen molar-refractivity contribution in [1.82, 2.24) is 10.2 Å². The Balaban J connectivity index is 3.99. The molecule has 0 aliphatic heterocycles. The Hall–Kier alpha value is -1.30. The maximum absolute atomic E-state index is 11.4. The van der Waals surface area contributed by atoms with E-state index in [1.165, 1.54) is 0 Å². The summed E-state index contributed by atoms with van der Waals surface area (Å²) >= 11 is 0. The summed E-state index contributed by atoms with van der Waals surface area (Å²) in [5, 5.41) is 11.3. The first-order chi connectivity index (χ1) is 8.11. The van der Waals surface area contributed by atoms with E-state index in [1.807, 2.05) is 13.8 Å². The monoisotopic (exact) mass is 260 g/mol. The Labute approximate surface area is 108 Å². The third-order valence-corrected chi connectivity index (χ3v) is 2.14. The Morgan fingerprint density at radius 2 is 1.89 bits per heavy atom. The van der Waals surface area contributed by atoms with Crippen molar-refractivity contribution in [1.29, 1.82) is 0 Å². The van der Waals surface area contributed by atoms with Crippen LogP contribution in [0.25, 0.3) is 0 Å². The van der Waals surface area contributed by atoms with E-state index in [-0.39, 0.29) is 12.6 Å². The molecule has 0 aliphatic carbocycles. The van der Waals surface area contributed by atoms with Crippen molar-refractivity contribution >= 4 is 12.1 Å². The van der Waals surface area contributed by atoms with Crippen LogP contribution < -0.4 is 5.32 Å². The van der Waals surface area contributed by atoms with E-state index in [9.17, 15) is 9.59 Å². The fourth-order valence-corrected chi connectivity index (χ4v) is 1.31. The van der Waals surface area contributed by atoms with Crippen molar-refractivity contribution < 1.29 is 19.4 Å². The average molecular weight is 260 g/mol. The Morgan fingerprint density at radius 1 is 1.33 bits per heavy atom. The van der Waals surface area contributed by atoms with Gasteiger partial charge in [0.1, 0.15) is 5.60 Å². The number of carbonyl (C=O) groups is 2. The molecule has 0 spiro atoms. The zero-order chi connectivity index (χ0) is 14.3. The molecule has 0 rings (SSSR count). The summed E-state index contributed by atoms with van der Waals surface area (Å²) in [7, 11) is 0. The van der Waals surface area contributed by atoms with Crippen LogP contribution in [0.2, 0.25) is 0 Å². The zero-order valence-electron chi connectivity index (χ0n) is 11.8. The summed E-state index contributed by atoms with van der Waals surface area (Å²) in [5.74, 6) is -0.874. The maximum Gasteiger partial charge on any atom is 0.407 e. The van der Waals surface area contributed by atoms with E-state index in [0.29, 0.717) is 13.1 Å². The minimum Gasteiger partial charge on any atom is -0.480 e. The highest BCUT2D eigenvalue weighted by Crippen LogP contribution is 2.06.